The SMILES string of the molecule is NCC(N)c1ccc2cccnc2n1. The van der Waals surface area contributed by atoms with E-state index in [0.717, 1.165) is 11.1 Å². The van der Waals surface area contributed by atoms with Gasteiger partial charge in [0, 0.05) is 18.1 Å². The monoisotopic (exact) mass is 188 g/mol. The third kappa shape index (κ3) is 1.57. The van der Waals surface area contributed by atoms with Crippen LogP contribution in [0.1, 0.15) is 11.7 Å². The van der Waals surface area contributed by atoms with Crippen molar-refractivity contribution in [3.63, 3.8) is 0 Å². The molecule has 0 aliphatic heterocycles. The molecule has 0 radical (unpaired) electrons. The molecule has 0 saturated heterocycles. The second-order valence-electron chi connectivity index (χ2n) is 3.13. The van der Waals surface area contributed by atoms with Gasteiger partial charge in [-0.05, 0) is 24.3 Å². The molecule has 0 spiro atoms. The van der Waals surface area contributed by atoms with Gasteiger partial charge in [0.15, 0.2) is 5.65 Å². The summed E-state index contributed by atoms with van der Waals surface area (Å²) in [6.45, 7) is 0.394. The first kappa shape index (κ1) is 9.05. The van der Waals surface area contributed by atoms with Gasteiger partial charge in [-0.3, -0.25) is 0 Å². The topological polar surface area (TPSA) is 77.8 Å². The summed E-state index contributed by atoms with van der Waals surface area (Å²) in [5.41, 5.74) is 12.7. The van der Waals surface area contributed by atoms with Crippen LogP contribution in [-0.2, 0) is 0 Å². The highest BCUT2D eigenvalue weighted by Crippen LogP contribution is 2.12. The molecule has 1 atom stereocenters. The molecule has 0 fully saturated rings. The maximum absolute atomic E-state index is 5.77. The number of pyridine rings is 2. The Morgan fingerprint density at radius 1 is 1.29 bits per heavy atom. The minimum Gasteiger partial charge on any atom is -0.329 e. The summed E-state index contributed by atoms with van der Waals surface area (Å²) in [5.74, 6) is 0. The number of aromatic nitrogens is 2. The van der Waals surface area contributed by atoms with Crippen molar-refractivity contribution in [1.29, 1.82) is 0 Å². The van der Waals surface area contributed by atoms with Crippen molar-refractivity contribution < 1.29 is 0 Å². The van der Waals surface area contributed by atoms with E-state index in [-0.39, 0.29) is 6.04 Å². The molecule has 4 nitrogen and oxygen atoms in total. The highest BCUT2D eigenvalue weighted by Gasteiger charge is 2.05. The fourth-order valence-corrected chi connectivity index (χ4v) is 1.29. The van der Waals surface area contributed by atoms with Crippen molar-refractivity contribution >= 4 is 11.0 Å². The van der Waals surface area contributed by atoms with Crippen LogP contribution in [0.5, 0.6) is 0 Å². The van der Waals surface area contributed by atoms with Crippen LogP contribution >= 0.6 is 0 Å². The summed E-state index contributed by atoms with van der Waals surface area (Å²) in [4.78, 5) is 8.48. The predicted octanol–water partition coefficient (Wildman–Crippen LogP) is 0.588. The largest absolute Gasteiger partial charge is 0.329 e. The standard InChI is InChI=1S/C10H12N4/c11-6-8(12)9-4-3-7-2-1-5-13-10(7)14-9/h1-5,8H,6,11-12H2. The van der Waals surface area contributed by atoms with Gasteiger partial charge in [-0.15, -0.1) is 0 Å². The molecule has 72 valence electrons. The number of hydrogen-bond donors (Lipinski definition) is 2. The van der Waals surface area contributed by atoms with Crippen LogP contribution in [-0.4, -0.2) is 16.5 Å². The van der Waals surface area contributed by atoms with Gasteiger partial charge in [-0.1, -0.05) is 0 Å². The molecule has 2 aromatic rings. The van der Waals surface area contributed by atoms with Crippen molar-refractivity contribution in [2.45, 2.75) is 6.04 Å². The van der Waals surface area contributed by atoms with Crippen LogP contribution in [0.15, 0.2) is 30.5 Å². The lowest BCUT2D eigenvalue weighted by molar-refractivity contribution is 0.714. The Bertz CT molecular complexity index is 441. The van der Waals surface area contributed by atoms with E-state index in [0.29, 0.717) is 12.2 Å². The van der Waals surface area contributed by atoms with Gasteiger partial charge in [0.05, 0.1) is 11.7 Å². The van der Waals surface area contributed by atoms with Crippen molar-refractivity contribution in [1.82, 2.24) is 9.97 Å². The molecule has 0 bridgehead atoms. The minimum absolute atomic E-state index is 0.207. The lowest BCUT2D eigenvalue weighted by Crippen LogP contribution is -2.21. The second-order valence-corrected chi connectivity index (χ2v) is 3.13. The lowest BCUT2D eigenvalue weighted by atomic mass is 10.2. The van der Waals surface area contributed by atoms with E-state index in [1.807, 2.05) is 24.3 Å². The number of hydrogen-bond acceptors (Lipinski definition) is 4. The first-order valence-electron chi connectivity index (χ1n) is 4.48. The molecule has 2 rings (SSSR count). The van der Waals surface area contributed by atoms with Crippen LogP contribution in [0, 0.1) is 0 Å². The van der Waals surface area contributed by atoms with Crippen molar-refractivity contribution in [2.24, 2.45) is 11.5 Å². The Labute approximate surface area is 82.0 Å². The molecule has 0 aliphatic carbocycles. The quantitative estimate of drug-likeness (QED) is 0.723. The van der Waals surface area contributed by atoms with E-state index >= 15 is 0 Å². The zero-order chi connectivity index (χ0) is 9.97. The van der Waals surface area contributed by atoms with E-state index in [4.69, 9.17) is 11.5 Å². The number of rotatable bonds is 2. The fourth-order valence-electron chi connectivity index (χ4n) is 1.29. The highest BCUT2D eigenvalue weighted by molar-refractivity contribution is 5.74. The third-order valence-corrected chi connectivity index (χ3v) is 2.12. The average Bonchev–Trinajstić information content (AvgIpc) is 2.27. The molecular weight excluding hydrogens is 176 g/mol. The number of nitrogens with zero attached hydrogens (tertiary/aromatic N) is 2. The molecule has 4 N–H and O–H groups in total. The van der Waals surface area contributed by atoms with Crippen molar-refractivity contribution in [2.75, 3.05) is 6.54 Å². The Morgan fingerprint density at radius 3 is 2.93 bits per heavy atom. The van der Waals surface area contributed by atoms with Crippen LogP contribution < -0.4 is 11.5 Å². The number of fused-ring (bicyclic) bond motifs is 1. The summed E-state index contributed by atoms with van der Waals surface area (Å²) >= 11 is 0. The lowest BCUT2D eigenvalue weighted by Gasteiger charge is -2.07. The molecular formula is C10H12N4. The Balaban J connectivity index is 2.51. The third-order valence-electron chi connectivity index (χ3n) is 2.12. The van der Waals surface area contributed by atoms with Gasteiger partial charge in [0.1, 0.15) is 0 Å². The Hall–Kier alpha value is -1.52. The average molecular weight is 188 g/mol. The minimum atomic E-state index is -0.207. The van der Waals surface area contributed by atoms with Gasteiger partial charge >= 0.3 is 0 Å². The normalized spacial score (nSPS) is 13.0. The van der Waals surface area contributed by atoms with Gasteiger partial charge in [0.2, 0.25) is 0 Å². The van der Waals surface area contributed by atoms with E-state index in [9.17, 15) is 0 Å². The highest BCUT2D eigenvalue weighted by atomic mass is 14.9. The molecule has 4 heteroatoms. The van der Waals surface area contributed by atoms with Gasteiger partial charge < -0.3 is 11.5 Å². The maximum atomic E-state index is 5.77. The van der Waals surface area contributed by atoms with Gasteiger partial charge in [-0.2, -0.15) is 0 Å². The number of nitrogens with two attached hydrogens (primary N) is 2. The molecule has 14 heavy (non-hydrogen) atoms. The summed E-state index contributed by atoms with van der Waals surface area (Å²) in [6, 6.07) is 7.49. The van der Waals surface area contributed by atoms with E-state index in [2.05, 4.69) is 9.97 Å². The molecule has 2 aromatic heterocycles. The van der Waals surface area contributed by atoms with Crippen LogP contribution in [0.4, 0.5) is 0 Å². The second kappa shape index (κ2) is 3.69. The van der Waals surface area contributed by atoms with Crippen molar-refractivity contribution in [3.8, 4) is 0 Å². The summed E-state index contributed by atoms with van der Waals surface area (Å²) in [7, 11) is 0. The molecule has 0 aliphatic rings. The fraction of sp³-hybridized carbons (Fsp3) is 0.200. The molecule has 0 aromatic carbocycles. The zero-order valence-electron chi connectivity index (χ0n) is 7.72. The van der Waals surface area contributed by atoms with Crippen LogP contribution in [0.25, 0.3) is 11.0 Å². The molecule has 0 amide bonds. The first-order chi connectivity index (χ1) is 6.81. The van der Waals surface area contributed by atoms with E-state index in [1.54, 1.807) is 6.20 Å². The maximum Gasteiger partial charge on any atom is 0.159 e. The predicted molar refractivity (Wildman–Crippen MR) is 55.5 cm³/mol. The van der Waals surface area contributed by atoms with E-state index in [1.165, 1.54) is 0 Å². The summed E-state index contributed by atoms with van der Waals surface area (Å²) in [6.07, 6.45) is 1.72. The zero-order valence-corrected chi connectivity index (χ0v) is 7.72. The molecule has 2 heterocycles. The molecule has 1 unspecified atom stereocenters. The Morgan fingerprint density at radius 2 is 2.14 bits per heavy atom. The van der Waals surface area contributed by atoms with Crippen molar-refractivity contribution in [3.05, 3.63) is 36.2 Å². The summed E-state index contributed by atoms with van der Waals surface area (Å²) < 4.78 is 0. The van der Waals surface area contributed by atoms with E-state index < -0.39 is 0 Å². The van der Waals surface area contributed by atoms with Crippen LogP contribution in [0.2, 0.25) is 0 Å². The Kier molecular flexibility index (Phi) is 2.39. The van der Waals surface area contributed by atoms with Gasteiger partial charge in [-0.25, -0.2) is 9.97 Å². The van der Waals surface area contributed by atoms with Crippen LogP contribution in [0.3, 0.4) is 0 Å². The van der Waals surface area contributed by atoms with Gasteiger partial charge in [0.25, 0.3) is 0 Å². The summed E-state index contributed by atoms with van der Waals surface area (Å²) in [5, 5.41) is 1.01. The first-order valence-corrected chi connectivity index (χ1v) is 4.48. The molecule has 0 saturated carbocycles. The smallest absolute Gasteiger partial charge is 0.159 e.